The minimum atomic E-state index is -0.0757. The number of para-hydroxylation sites is 1. The SMILES string of the molecule is CC1(C)c2ccccc2-c2ccc(N(c3ccc(C4CCCCC4)cc3)c3cc4ccc3CCc3ccc(c(N(c5ccccc5)c5ccc(C67CC8CC(CC(C8)C6)C7)cc5)c3)CC4)cc21. The zero-order chi connectivity index (χ0) is 44.7. The van der Waals surface area contributed by atoms with Gasteiger partial charge in [-0.05, 0) is 222 Å². The Bertz CT molecular complexity index is 2920. The van der Waals surface area contributed by atoms with Gasteiger partial charge in [0.2, 0.25) is 0 Å². The Balaban J connectivity index is 0.868. The van der Waals surface area contributed by atoms with E-state index in [4.69, 9.17) is 0 Å². The molecule has 0 saturated heterocycles. The van der Waals surface area contributed by atoms with Gasteiger partial charge in [-0.15, -0.1) is 0 Å². The highest BCUT2D eigenvalue weighted by Crippen LogP contribution is 2.61. The molecule has 0 N–H and O–H groups in total. The predicted octanol–water partition coefficient (Wildman–Crippen LogP) is 17.3. The first-order valence-electron chi connectivity index (χ1n) is 26.2. The van der Waals surface area contributed by atoms with E-state index in [2.05, 4.69) is 181 Å². The molecule has 0 atom stereocenters. The number of hydrogen-bond acceptors (Lipinski definition) is 2. The van der Waals surface area contributed by atoms with E-state index in [1.165, 1.54) is 155 Å². The molecule has 0 spiro atoms. The van der Waals surface area contributed by atoms with Crippen LogP contribution in [0.15, 0.2) is 158 Å². The summed E-state index contributed by atoms with van der Waals surface area (Å²) in [6, 6.07) is 62.1. The number of benzene rings is 7. The van der Waals surface area contributed by atoms with Gasteiger partial charge in [-0.3, -0.25) is 0 Å². The summed E-state index contributed by atoms with van der Waals surface area (Å²) in [4.78, 5) is 5.17. The largest absolute Gasteiger partial charge is 0.310 e. The fourth-order valence-electron chi connectivity index (χ4n) is 14.9. The zero-order valence-electron chi connectivity index (χ0n) is 39.8. The molecule has 10 aliphatic rings. The summed E-state index contributed by atoms with van der Waals surface area (Å²) < 4.78 is 0. The molecule has 17 rings (SSSR count). The third kappa shape index (κ3) is 7.28. The van der Waals surface area contributed by atoms with E-state index in [1.54, 1.807) is 5.56 Å². The highest BCUT2D eigenvalue weighted by atomic mass is 15.2. The lowest BCUT2D eigenvalue weighted by atomic mass is 9.48. The Morgan fingerprint density at radius 2 is 0.955 bits per heavy atom. The van der Waals surface area contributed by atoms with Gasteiger partial charge in [0.25, 0.3) is 0 Å². The van der Waals surface area contributed by atoms with E-state index in [1.807, 2.05) is 0 Å². The fraction of sp³-hybridized carbons (Fsp3) is 0.354. The summed E-state index contributed by atoms with van der Waals surface area (Å²) in [5.41, 5.74) is 22.2. The standard InChI is InChI=1S/C65H66N2/c1-64(2)60-16-10-9-15-58(60)59-34-33-57(40-61(59)64)67(55-29-25-50(26-30-55)49-11-5-3-6-12-49)63-39-45-18-22-51-21-17-44(19-23-52(63)24-20-45)38-62(51)66(54-13-7-4-8-14-54)56-31-27-53(28-32-56)65-41-46-35-47(42-65)37-48(36-46)43-65/h4,7-10,13-17,20-21,24-34,38-40,46-49H,3,5-6,11-12,18-19,22-23,35-37,41-43H2,1-2H3. The summed E-state index contributed by atoms with van der Waals surface area (Å²) in [7, 11) is 0. The molecule has 8 bridgehead atoms. The Labute approximate surface area is 400 Å². The summed E-state index contributed by atoms with van der Waals surface area (Å²) in [6.45, 7) is 4.82. The highest BCUT2D eigenvalue weighted by molar-refractivity contribution is 5.86. The quantitative estimate of drug-likeness (QED) is 0.150. The molecule has 67 heavy (non-hydrogen) atoms. The normalized spacial score (nSPS) is 23.3. The molecule has 0 aliphatic heterocycles. The average Bonchev–Trinajstić information content (AvgIpc) is 3.58. The van der Waals surface area contributed by atoms with Crippen molar-refractivity contribution in [3.8, 4) is 11.1 Å². The molecule has 0 aromatic heterocycles. The van der Waals surface area contributed by atoms with Crippen LogP contribution >= 0.6 is 0 Å². The van der Waals surface area contributed by atoms with Gasteiger partial charge in [-0.2, -0.15) is 0 Å². The second-order valence-electron chi connectivity index (χ2n) is 22.5. The number of fused-ring (bicyclic) bond motifs is 3. The first kappa shape index (κ1) is 41.3. The summed E-state index contributed by atoms with van der Waals surface area (Å²) in [6.07, 6.45) is 19.2. The second-order valence-corrected chi connectivity index (χ2v) is 22.5. The monoisotopic (exact) mass is 875 g/mol. The fourth-order valence-corrected chi connectivity index (χ4v) is 14.9. The van der Waals surface area contributed by atoms with Crippen LogP contribution in [-0.4, -0.2) is 0 Å². The van der Waals surface area contributed by atoms with Crippen LogP contribution in [0, 0.1) is 17.8 Å². The summed E-state index contributed by atoms with van der Waals surface area (Å²) in [5, 5.41) is 0. The molecule has 2 heteroatoms. The van der Waals surface area contributed by atoms with Crippen LogP contribution in [0.5, 0.6) is 0 Å². The Morgan fingerprint density at radius 3 is 1.58 bits per heavy atom. The lowest BCUT2D eigenvalue weighted by molar-refractivity contribution is -0.00518. The van der Waals surface area contributed by atoms with Crippen LogP contribution in [0.25, 0.3) is 11.1 Å². The topological polar surface area (TPSA) is 6.48 Å². The van der Waals surface area contributed by atoms with Crippen molar-refractivity contribution in [3.05, 3.63) is 202 Å². The van der Waals surface area contributed by atoms with E-state index in [0.717, 1.165) is 43.4 Å². The van der Waals surface area contributed by atoms with Crippen molar-refractivity contribution in [2.75, 3.05) is 9.80 Å². The van der Waals surface area contributed by atoms with Crippen LogP contribution < -0.4 is 9.80 Å². The Morgan fingerprint density at radius 1 is 0.433 bits per heavy atom. The molecule has 5 fully saturated rings. The van der Waals surface area contributed by atoms with Crippen LogP contribution in [-0.2, 0) is 36.5 Å². The van der Waals surface area contributed by atoms with Crippen LogP contribution in [0.3, 0.4) is 0 Å². The molecule has 7 aromatic rings. The van der Waals surface area contributed by atoms with Crippen molar-refractivity contribution in [1.29, 1.82) is 0 Å². The van der Waals surface area contributed by atoms with Crippen molar-refractivity contribution in [1.82, 2.24) is 0 Å². The van der Waals surface area contributed by atoms with E-state index in [-0.39, 0.29) is 5.41 Å². The van der Waals surface area contributed by atoms with Crippen molar-refractivity contribution in [3.63, 3.8) is 0 Å². The Hall–Kier alpha value is -5.86. The average molecular weight is 875 g/mol. The number of nitrogens with zero attached hydrogens (tertiary/aromatic N) is 2. The first-order valence-corrected chi connectivity index (χ1v) is 26.2. The maximum Gasteiger partial charge on any atom is 0.0496 e. The van der Waals surface area contributed by atoms with E-state index < -0.39 is 0 Å². The second kappa shape index (κ2) is 16.4. The molecule has 0 radical (unpaired) electrons. The van der Waals surface area contributed by atoms with Gasteiger partial charge in [0.15, 0.2) is 0 Å². The molecular weight excluding hydrogens is 809 g/mol. The van der Waals surface area contributed by atoms with Gasteiger partial charge in [0.1, 0.15) is 0 Å². The van der Waals surface area contributed by atoms with Crippen LogP contribution in [0.2, 0.25) is 0 Å². The van der Waals surface area contributed by atoms with E-state index >= 15 is 0 Å². The van der Waals surface area contributed by atoms with Crippen LogP contribution in [0.4, 0.5) is 34.1 Å². The predicted molar refractivity (Wildman–Crippen MR) is 280 cm³/mol. The van der Waals surface area contributed by atoms with Crippen molar-refractivity contribution in [2.45, 2.75) is 127 Å². The molecule has 2 nitrogen and oxygen atoms in total. The number of anilines is 6. The first-order chi connectivity index (χ1) is 32.8. The van der Waals surface area contributed by atoms with Crippen molar-refractivity contribution in [2.24, 2.45) is 17.8 Å². The van der Waals surface area contributed by atoms with Gasteiger partial charge >= 0.3 is 0 Å². The van der Waals surface area contributed by atoms with E-state index in [9.17, 15) is 0 Å². The molecule has 0 heterocycles. The van der Waals surface area contributed by atoms with Crippen molar-refractivity contribution >= 4 is 34.1 Å². The molecule has 0 unspecified atom stereocenters. The smallest absolute Gasteiger partial charge is 0.0496 e. The summed E-state index contributed by atoms with van der Waals surface area (Å²) >= 11 is 0. The number of aryl methyl sites for hydroxylation is 4. The Kier molecular flexibility index (Phi) is 10.1. The van der Waals surface area contributed by atoms with Gasteiger partial charge in [-0.1, -0.05) is 130 Å². The molecule has 336 valence electrons. The minimum Gasteiger partial charge on any atom is -0.310 e. The maximum absolute atomic E-state index is 2.60. The van der Waals surface area contributed by atoms with E-state index in [0.29, 0.717) is 11.3 Å². The summed E-state index contributed by atoms with van der Waals surface area (Å²) in [5.74, 6) is 3.52. The van der Waals surface area contributed by atoms with Crippen molar-refractivity contribution < 1.29 is 0 Å². The third-order valence-electron chi connectivity index (χ3n) is 18.0. The molecule has 5 saturated carbocycles. The zero-order valence-corrected chi connectivity index (χ0v) is 39.8. The number of rotatable bonds is 8. The van der Waals surface area contributed by atoms with Gasteiger partial charge in [-0.25, -0.2) is 0 Å². The van der Waals surface area contributed by atoms with Crippen LogP contribution in [0.1, 0.15) is 135 Å². The third-order valence-corrected chi connectivity index (χ3v) is 18.0. The van der Waals surface area contributed by atoms with Gasteiger partial charge < -0.3 is 9.80 Å². The lowest BCUT2D eigenvalue weighted by Crippen LogP contribution is -2.48. The molecule has 0 amide bonds. The van der Waals surface area contributed by atoms with Gasteiger partial charge in [0, 0.05) is 39.5 Å². The molecular formula is C65H66N2. The molecule has 7 aromatic carbocycles. The minimum absolute atomic E-state index is 0.0757. The van der Waals surface area contributed by atoms with Gasteiger partial charge in [0.05, 0.1) is 0 Å². The maximum atomic E-state index is 2.60. The highest BCUT2D eigenvalue weighted by Gasteiger charge is 2.51. The number of hydrogen-bond donors (Lipinski definition) is 0. The molecule has 10 aliphatic carbocycles. The lowest BCUT2D eigenvalue weighted by Gasteiger charge is -2.57.